The van der Waals surface area contributed by atoms with Crippen molar-refractivity contribution in [3.63, 3.8) is 0 Å². The molecule has 0 radical (unpaired) electrons. The van der Waals surface area contributed by atoms with E-state index in [0.717, 1.165) is 0 Å². The lowest BCUT2D eigenvalue weighted by atomic mass is 9.98. The molecule has 6 nitrogen and oxygen atoms in total. The van der Waals surface area contributed by atoms with Gasteiger partial charge in [-0.25, -0.2) is 9.59 Å². The fraction of sp³-hybridized carbons (Fsp3) is 0.857. The predicted molar refractivity (Wildman–Crippen MR) is 75.7 cm³/mol. The van der Waals surface area contributed by atoms with E-state index in [4.69, 9.17) is 4.74 Å². The first kappa shape index (κ1) is 16.8. The van der Waals surface area contributed by atoms with Gasteiger partial charge < -0.3 is 19.6 Å². The van der Waals surface area contributed by atoms with E-state index < -0.39 is 22.7 Å². The van der Waals surface area contributed by atoms with Crippen LogP contribution in [0.15, 0.2) is 0 Å². The molecule has 0 aromatic heterocycles. The van der Waals surface area contributed by atoms with E-state index in [1.807, 2.05) is 27.7 Å². The summed E-state index contributed by atoms with van der Waals surface area (Å²) in [6, 6.07) is -0.290. The minimum absolute atomic E-state index is 0.290. The van der Waals surface area contributed by atoms with Crippen molar-refractivity contribution in [3.8, 4) is 0 Å². The zero-order valence-electron chi connectivity index (χ0n) is 13.5. The van der Waals surface area contributed by atoms with Gasteiger partial charge in [0.1, 0.15) is 5.54 Å². The zero-order valence-corrected chi connectivity index (χ0v) is 13.5. The summed E-state index contributed by atoms with van der Waals surface area (Å²) in [4.78, 5) is 26.8. The minimum Gasteiger partial charge on any atom is -0.480 e. The van der Waals surface area contributed by atoms with E-state index in [9.17, 15) is 14.7 Å². The third-order valence-corrected chi connectivity index (χ3v) is 3.62. The average molecular weight is 286 g/mol. The van der Waals surface area contributed by atoms with E-state index in [0.29, 0.717) is 13.1 Å². The highest BCUT2D eigenvalue weighted by molar-refractivity contribution is 5.85. The highest BCUT2D eigenvalue weighted by Crippen LogP contribution is 2.29. The Kier molecular flexibility index (Phi) is 4.11. The van der Waals surface area contributed by atoms with Crippen molar-refractivity contribution in [2.75, 3.05) is 20.1 Å². The molecule has 1 aliphatic rings. The number of hydrogen-bond acceptors (Lipinski definition) is 3. The van der Waals surface area contributed by atoms with Gasteiger partial charge in [0.2, 0.25) is 0 Å². The number of likely N-dealkylation sites (N-methyl/N-ethyl adjacent to an activating group) is 1. The molecule has 6 heteroatoms. The fourth-order valence-corrected chi connectivity index (χ4v) is 2.52. The molecule has 1 saturated heterocycles. The highest BCUT2D eigenvalue weighted by atomic mass is 16.5. The molecule has 20 heavy (non-hydrogen) atoms. The van der Waals surface area contributed by atoms with Crippen molar-refractivity contribution >= 4 is 12.0 Å². The molecule has 1 rings (SSSR count). The van der Waals surface area contributed by atoms with Crippen LogP contribution in [-0.2, 0) is 9.53 Å². The molecule has 1 aliphatic heterocycles. The summed E-state index contributed by atoms with van der Waals surface area (Å²) < 4.78 is 5.93. The van der Waals surface area contributed by atoms with Gasteiger partial charge in [-0.3, -0.25) is 0 Å². The van der Waals surface area contributed by atoms with Crippen molar-refractivity contribution in [2.24, 2.45) is 0 Å². The SMILES string of the molecule is CN(C(=O)N1CC(C)(C)OC(C)(C)C1)C(C)(C)C(=O)O. The molecule has 0 bridgehead atoms. The lowest BCUT2D eigenvalue weighted by Crippen LogP contribution is -2.63. The monoisotopic (exact) mass is 286 g/mol. The van der Waals surface area contributed by atoms with E-state index in [2.05, 4.69) is 0 Å². The molecule has 0 aliphatic carbocycles. The number of carboxylic acid groups (broad SMARTS) is 1. The molecule has 1 N–H and O–H groups in total. The number of rotatable bonds is 2. The molecule has 116 valence electrons. The van der Waals surface area contributed by atoms with Crippen molar-refractivity contribution < 1.29 is 19.4 Å². The van der Waals surface area contributed by atoms with Gasteiger partial charge in [0.25, 0.3) is 0 Å². The van der Waals surface area contributed by atoms with Crippen LogP contribution in [0.4, 0.5) is 4.79 Å². The maximum atomic E-state index is 12.6. The second kappa shape index (κ2) is 4.91. The Morgan fingerprint density at radius 2 is 1.55 bits per heavy atom. The Morgan fingerprint density at radius 3 is 1.90 bits per heavy atom. The van der Waals surface area contributed by atoms with Crippen LogP contribution < -0.4 is 0 Å². The molecule has 0 atom stereocenters. The van der Waals surface area contributed by atoms with E-state index in [1.54, 1.807) is 4.90 Å². The molecule has 1 heterocycles. The van der Waals surface area contributed by atoms with Crippen LogP contribution in [0.25, 0.3) is 0 Å². The number of aliphatic carboxylic acids is 1. The van der Waals surface area contributed by atoms with E-state index in [-0.39, 0.29) is 6.03 Å². The molecule has 0 saturated carbocycles. The number of carbonyl (C=O) groups excluding carboxylic acids is 1. The van der Waals surface area contributed by atoms with Gasteiger partial charge in [-0.15, -0.1) is 0 Å². The third kappa shape index (κ3) is 3.42. The summed E-state index contributed by atoms with van der Waals surface area (Å²) in [5.74, 6) is -1.03. The first-order chi connectivity index (χ1) is 8.78. The van der Waals surface area contributed by atoms with Crippen LogP contribution in [0, 0.1) is 0 Å². The van der Waals surface area contributed by atoms with Crippen molar-refractivity contribution in [1.29, 1.82) is 0 Å². The number of urea groups is 1. The quantitative estimate of drug-likeness (QED) is 0.840. The van der Waals surface area contributed by atoms with Crippen LogP contribution in [-0.4, -0.2) is 63.8 Å². The maximum absolute atomic E-state index is 12.6. The Morgan fingerprint density at radius 1 is 1.15 bits per heavy atom. The molecule has 1 fully saturated rings. The van der Waals surface area contributed by atoms with Crippen molar-refractivity contribution in [1.82, 2.24) is 9.80 Å². The lowest BCUT2D eigenvalue weighted by Gasteiger charge is -2.48. The smallest absolute Gasteiger partial charge is 0.329 e. The third-order valence-electron chi connectivity index (χ3n) is 3.62. The molecule has 0 aromatic carbocycles. The maximum Gasteiger partial charge on any atom is 0.329 e. The van der Waals surface area contributed by atoms with Gasteiger partial charge in [0.05, 0.1) is 24.3 Å². The van der Waals surface area contributed by atoms with Crippen LogP contribution in [0.5, 0.6) is 0 Å². The Bertz CT molecular complexity index is 399. The minimum atomic E-state index is -1.25. The Hall–Kier alpha value is -1.30. The summed E-state index contributed by atoms with van der Waals surface area (Å²) in [5, 5.41) is 9.23. The van der Waals surface area contributed by atoms with Crippen LogP contribution in [0.1, 0.15) is 41.5 Å². The summed E-state index contributed by atoms with van der Waals surface area (Å²) in [6.45, 7) is 11.6. The van der Waals surface area contributed by atoms with Gasteiger partial charge in [-0.1, -0.05) is 0 Å². The molecule has 0 spiro atoms. The first-order valence-electron chi connectivity index (χ1n) is 6.75. The van der Waals surface area contributed by atoms with Crippen LogP contribution in [0.3, 0.4) is 0 Å². The number of hydrogen-bond donors (Lipinski definition) is 1. The highest BCUT2D eigenvalue weighted by Gasteiger charge is 2.44. The van der Waals surface area contributed by atoms with Gasteiger partial charge in [-0.2, -0.15) is 0 Å². The molecule has 0 aromatic rings. The van der Waals surface area contributed by atoms with Crippen molar-refractivity contribution in [3.05, 3.63) is 0 Å². The fourth-order valence-electron chi connectivity index (χ4n) is 2.52. The Labute approximate surface area is 120 Å². The average Bonchev–Trinajstić information content (AvgIpc) is 2.22. The van der Waals surface area contributed by atoms with E-state index in [1.165, 1.54) is 25.8 Å². The topological polar surface area (TPSA) is 70.1 Å². The molecular weight excluding hydrogens is 260 g/mol. The largest absolute Gasteiger partial charge is 0.480 e. The number of morpholine rings is 1. The number of carboxylic acids is 1. The van der Waals surface area contributed by atoms with Gasteiger partial charge >= 0.3 is 12.0 Å². The predicted octanol–water partition coefficient (Wildman–Crippen LogP) is 1.79. The number of ether oxygens (including phenoxy) is 1. The normalized spacial score (nSPS) is 21.4. The van der Waals surface area contributed by atoms with Crippen LogP contribution >= 0.6 is 0 Å². The lowest BCUT2D eigenvalue weighted by molar-refractivity contribution is -0.173. The molecule has 0 unspecified atom stereocenters. The number of amides is 2. The number of nitrogens with zero attached hydrogens (tertiary/aromatic N) is 2. The molecular formula is C14H26N2O4. The summed E-state index contributed by atoms with van der Waals surface area (Å²) in [5.41, 5.74) is -2.15. The summed E-state index contributed by atoms with van der Waals surface area (Å²) >= 11 is 0. The molecule has 2 amide bonds. The van der Waals surface area contributed by atoms with E-state index >= 15 is 0 Å². The standard InChI is InChI=1S/C14H26N2O4/c1-12(2)8-16(9-13(3,4)20-12)11(19)15(7)14(5,6)10(17)18/h8-9H2,1-7H3,(H,17,18). The second-order valence-corrected chi connectivity index (χ2v) is 7.18. The second-order valence-electron chi connectivity index (χ2n) is 7.18. The summed E-state index contributed by atoms with van der Waals surface area (Å²) in [7, 11) is 1.52. The van der Waals surface area contributed by atoms with Gasteiger partial charge in [-0.05, 0) is 41.5 Å². The van der Waals surface area contributed by atoms with Crippen molar-refractivity contribution in [2.45, 2.75) is 58.3 Å². The summed E-state index contributed by atoms with van der Waals surface area (Å²) in [6.07, 6.45) is 0. The Balaban J connectivity index is 2.94. The van der Waals surface area contributed by atoms with Gasteiger partial charge in [0, 0.05) is 7.05 Å². The van der Waals surface area contributed by atoms with Crippen LogP contribution in [0.2, 0.25) is 0 Å². The first-order valence-corrected chi connectivity index (χ1v) is 6.75. The zero-order chi connectivity index (χ0) is 15.9. The van der Waals surface area contributed by atoms with Gasteiger partial charge in [0.15, 0.2) is 0 Å². The number of carbonyl (C=O) groups is 2.